The molecule has 0 aromatic heterocycles. The van der Waals surface area contributed by atoms with Crippen LogP contribution in [0.4, 0.5) is 0 Å². The molecule has 132 valence electrons. The molecule has 0 saturated heterocycles. The van der Waals surface area contributed by atoms with Crippen molar-refractivity contribution in [3.63, 3.8) is 0 Å². The first-order chi connectivity index (χ1) is 12.3. The first kappa shape index (κ1) is 16.6. The van der Waals surface area contributed by atoms with Gasteiger partial charge in [0.25, 0.3) is 0 Å². The average Bonchev–Trinajstić information content (AvgIpc) is 2.62. The third-order valence-electron chi connectivity index (χ3n) is 5.11. The molecule has 2 aromatic rings. The van der Waals surface area contributed by atoms with E-state index in [-0.39, 0.29) is 34.2 Å². The fourth-order valence-corrected chi connectivity index (χ4v) is 3.80. The fraction of sp³-hybridized carbons (Fsp3) is 0.250. The second-order valence-electron chi connectivity index (χ2n) is 6.86. The van der Waals surface area contributed by atoms with Crippen molar-refractivity contribution in [3.05, 3.63) is 63.7 Å². The molecule has 0 fully saturated rings. The molecule has 0 bridgehead atoms. The number of benzene rings is 2. The zero-order valence-corrected chi connectivity index (χ0v) is 14.2. The van der Waals surface area contributed by atoms with E-state index in [1.165, 1.54) is 26.2 Å². The lowest BCUT2D eigenvalue weighted by Crippen LogP contribution is -2.50. The summed E-state index contributed by atoms with van der Waals surface area (Å²) in [6.07, 6.45) is -1.65. The van der Waals surface area contributed by atoms with Gasteiger partial charge in [0.1, 0.15) is 11.9 Å². The summed E-state index contributed by atoms with van der Waals surface area (Å²) >= 11 is 0. The van der Waals surface area contributed by atoms with Crippen LogP contribution in [-0.4, -0.2) is 46.4 Å². The number of hydrogen-bond donors (Lipinski definition) is 2. The van der Waals surface area contributed by atoms with E-state index >= 15 is 0 Å². The number of aliphatic hydroxyl groups is 2. The second kappa shape index (κ2) is 5.33. The molecule has 2 aliphatic carbocycles. The van der Waals surface area contributed by atoms with E-state index in [9.17, 15) is 24.6 Å². The highest BCUT2D eigenvalue weighted by Crippen LogP contribution is 2.39. The molecule has 0 radical (unpaired) electrons. The minimum absolute atomic E-state index is 0.00666. The van der Waals surface area contributed by atoms with Crippen molar-refractivity contribution in [2.75, 3.05) is 7.11 Å². The molecular formula is C20H16O6. The highest BCUT2D eigenvalue weighted by atomic mass is 16.5. The number of aliphatic hydroxyl groups excluding tert-OH is 1. The topological polar surface area (TPSA) is 101 Å². The molecule has 0 unspecified atom stereocenters. The van der Waals surface area contributed by atoms with Crippen molar-refractivity contribution in [2.45, 2.75) is 25.0 Å². The van der Waals surface area contributed by atoms with E-state index in [1.54, 1.807) is 18.2 Å². The number of rotatable bonds is 1. The van der Waals surface area contributed by atoms with Crippen LogP contribution in [-0.2, 0) is 6.42 Å². The van der Waals surface area contributed by atoms with Crippen LogP contribution >= 0.6 is 0 Å². The maximum atomic E-state index is 13.1. The Morgan fingerprint density at radius 2 is 1.65 bits per heavy atom. The molecule has 2 aliphatic rings. The molecule has 0 heterocycles. The molecule has 2 N–H and O–H groups in total. The van der Waals surface area contributed by atoms with Gasteiger partial charge in [-0.15, -0.1) is 0 Å². The van der Waals surface area contributed by atoms with Crippen molar-refractivity contribution < 1.29 is 29.3 Å². The Balaban J connectivity index is 2.01. The first-order valence-electron chi connectivity index (χ1n) is 8.15. The zero-order valence-electron chi connectivity index (χ0n) is 14.2. The third-order valence-corrected chi connectivity index (χ3v) is 5.11. The van der Waals surface area contributed by atoms with Gasteiger partial charge in [0.2, 0.25) is 0 Å². The van der Waals surface area contributed by atoms with Crippen molar-refractivity contribution in [1.82, 2.24) is 0 Å². The maximum absolute atomic E-state index is 13.1. The Kier molecular flexibility index (Phi) is 3.41. The van der Waals surface area contributed by atoms with E-state index in [4.69, 9.17) is 4.74 Å². The molecule has 0 amide bonds. The SMILES string of the molecule is COc1cccc2c1C(=O)c1ccc3c(c1C2=O)C(=O)[C@H](O)[C@](C)(O)C3. The Morgan fingerprint density at radius 3 is 2.35 bits per heavy atom. The van der Waals surface area contributed by atoms with Crippen molar-refractivity contribution in [2.24, 2.45) is 0 Å². The lowest BCUT2D eigenvalue weighted by Gasteiger charge is -2.35. The average molecular weight is 352 g/mol. The summed E-state index contributed by atoms with van der Waals surface area (Å²) < 4.78 is 5.21. The van der Waals surface area contributed by atoms with Crippen molar-refractivity contribution in [1.29, 1.82) is 0 Å². The Bertz CT molecular complexity index is 1000. The van der Waals surface area contributed by atoms with Gasteiger partial charge in [-0.3, -0.25) is 14.4 Å². The van der Waals surface area contributed by atoms with Crippen LogP contribution < -0.4 is 4.74 Å². The van der Waals surface area contributed by atoms with Gasteiger partial charge in [-0.1, -0.05) is 18.2 Å². The Labute approximate surface area is 149 Å². The highest BCUT2D eigenvalue weighted by Gasteiger charge is 2.46. The minimum atomic E-state index is -1.66. The molecular weight excluding hydrogens is 336 g/mol. The number of fused-ring (bicyclic) bond motifs is 4. The van der Waals surface area contributed by atoms with Gasteiger partial charge in [-0.25, -0.2) is 0 Å². The predicted molar refractivity (Wildman–Crippen MR) is 91.0 cm³/mol. The van der Waals surface area contributed by atoms with Gasteiger partial charge in [-0.05, 0) is 24.6 Å². The Hall–Kier alpha value is -2.83. The number of ketones is 3. The second-order valence-corrected chi connectivity index (χ2v) is 6.86. The molecule has 4 rings (SSSR count). The van der Waals surface area contributed by atoms with Crippen LogP contribution in [0.3, 0.4) is 0 Å². The predicted octanol–water partition coefficient (Wildman–Crippen LogP) is 1.32. The molecule has 0 aliphatic heterocycles. The van der Waals surface area contributed by atoms with E-state index in [0.717, 1.165) is 0 Å². The minimum Gasteiger partial charge on any atom is -0.496 e. The summed E-state index contributed by atoms with van der Waals surface area (Å²) in [6, 6.07) is 7.76. The lowest BCUT2D eigenvalue weighted by atomic mass is 9.72. The summed E-state index contributed by atoms with van der Waals surface area (Å²) in [5, 5.41) is 20.4. The van der Waals surface area contributed by atoms with Crippen LogP contribution in [0.25, 0.3) is 0 Å². The smallest absolute Gasteiger partial charge is 0.198 e. The quantitative estimate of drug-likeness (QED) is 0.685. The molecule has 2 aromatic carbocycles. The number of methoxy groups -OCH3 is 1. The fourth-order valence-electron chi connectivity index (χ4n) is 3.80. The van der Waals surface area contributed by atoms with E-state index in [0.29, 0.717) is 11.3 Å². The first-order valence-corrected chi connectivity index (χ1v) is 8.15. The van der Waals surface area contributed by atoms with Crippen LogP contribution in [0.2, 0.25) is 0 Å². The van der Waals surface area contributed by atoms with Gasteiger partial charge in [0, 0.05) is 28.7 Å². The maximum Gasteiger partial charge on any atom is 0.198 e. The van der Waals surface area contributed by atoms with Crippen LogP contribution in [0, 0.1) is 0 Å². The van der Waals surface area contributed by atoms with E-state index < -0.39 is 29.1 Å². The van der Waals surface area contributed by atoms with Crippen molar-refractivity contribution >= 4 is 17.3 Å². The summed E-state index contributed by atoms with van der Waals surface area (Å²) in [6.45, 7) is 1.37. The molecule has 2 atom stereocenters. The van der Waals surface area contributed by atoms with E-state index in [1.807, 2.05) is 0 Å². The Morgan fingerprint density at radius 1 is 1.00 bits per heavy atom. The van der Waals surface area contributed by atoms with Gasteiger partial charge >= 0.3 is 0 Å². The van der Waals surface area contributed by atoms with Gasteiger partial charge in [-0.2, -0.15) is 0 Å². The number of carbonyl (C=O) groups is 3. The molecule has 6 nitrogen and oxygen atoms in total. The number of carbonyl (C=O) groups excluding carboxylic acids is 3. The molecule has 0 spiro atoms. The molecule has 6 heteroatoms. The van der Waals surface area contributed by atoms with Crippen LogP contribution in [0.1, 0.15) is 54.7 Å². The van der Waals surface area contributed by atoms with Gasteiger partial charge in [0.15, 0.2) is 17.3 Å². The monoisotopic (exact) mass is 352 g/mol. The van der Waals surface area contributed by atoms with Crippen molar-refractivity contribution in [3.8, 4) is 5.75 Å². The summed E-state index contributed by atoms with van der Waals surface area (Å²) in [5.74, 6) is -1.33. The summed E-state index contributed by atoms with van der Waals surface area (Å²) in [4.78, 5) is 38.8. The molecule has 0 saturated carbocycles. The van der Waals surface area contributed by atoms with Crippen LogP contribution in [0.5, 0.6) is 5.75 Å². The normalized spacial score (nSPS) is 24.0. The zero-order chi connectivity index (χ0) is 18.8. The number of Topliss-reactive ketones (excluding diaryl/α,β-unsaturated/α-hetero) is 1. The standard InChI is InChI=1S/C20H16O6/c1-20(25)8-9-6-7-11-15(13(9)18(23)19(20)24)17(22)10-4-3-5-12(26-2)14(10)16(11)21/h3-7,19,24-25H,8H2,1-2H3/t19-,20+/m0/s1. The van der Waals surface area contributed by atoms with Crippen LogP contribution in [0.15, 0.2) is 30.3 Å². The number of ether oxygens (including phenoxy) is 1. The number of hydrogen-bond acceptors (Lipinski definition) is 6. The third kappa shape index (κ3) is 2.03. The molecule has 26 heavy (non-hydrogen) atoms. The highest BCUT2D eigenvalue weighted by molar-refractivity contribution is 6.32. The van der Waals surface area contributed by atoms with E-state index in [2.05, 4.69) is 0 Å². The largest absolute Gasteiger partial charge is 0.496 e. The summed E-state index contributed by atoms with van der Waals surface area (Å²) in [7, 11) is 1.41. The summed E-state index contributed by atoms with van der Waals surface area (Å²) in [5.41, 5.74) is -0.732. The van der Waals surface area contributed by atoms with Gasteiger partial charge < -0.3 is 14.9 Å². The van der Waals surface area contributed by atoms with Gasteiger partial charge in [0.05, 0.1) is 18.3 Å². The lowest BCUT2D eigenvalue weighted by molar-refractivity contribution is -0.0488.